The second-order valence-electron chi connectivity index (χ2n) is 8.67. The van der Waals surface area contributed by atoms with E-state index in [1.807, 2.05) is 13.0 Å². The highest BCUT2D eigenvalue weighted by Gasteiger charge is 2.16. The minimum atomic E-state index is -0.513. The number of hydrogen-bond donors (Lipinski definition) is 3. The molecule has 4 aromatic carbocycles. The number of amides is 3. The van der Waals surface area contributed by atoms with Crippen LogP contribution in [-0.2, 0) is 9.59 Å². The van der Waals surface area contributed by atoms with Gasteiger partial charge in [0, 0.05) is 31.9 Å². The first-order chi connectivity index (χ1) is 19.3. The molecule has 0 radical (unpaired) electrons. The third-order valence-electron chi connectivity index (χ3n) is 5.69. The molecule has 4 rings (SSSR count). The molecule has 0 saturated carbocycles. The summed E-state index contributed by atoms with van der Waals surface area (Å²) in [6.07, 6.45) is 1.53. The molecule has 0 aliphatic rings. The number of carbonyl (C=O) groups is 3. The van der Waals surface area contributed by atoms with Crippen LogP contribution in [-0.4, -0.2) is 23.5 Å². The predicted molar refractivity (Wildman–Crippen MR) is 164 cm³/mol. The molecule has 3 N–H and O–H groups in total. The van der Waals surface area contributed by atoms with Crippen molar-refractivity contribution in [1.82, 2.24) is 5.32 Å². The Balaban J connectivity index is 1.41. The first-order valence-electron chi connectivity index (χ1n) is 12.2. The molecule has 9 heteroatoms. The van der Waals surface area contributed by atoms with Crippen LogP contribution in [0.2, 0.25) is 10.0 Å². The number of thioether (sulfide) groups is 1. The topological polar surface area (TPSA) is 87.3 Å². The largest absolute Gasteiger partial charge is 0.325 e. The van der Waals surface area contributed by atoms with Crippen LogP contribution in [0.15, 0.2) is 108 Å². The Kier molecular flexibility index (Phi) is 10.0. The van der Waals surface area contributed by atoms with E-state index >= 15 is 0 Å². The molecule has 0 saturated heterocycles. The van der Waals surface area contributed by atoms with Gasteiger partial charge < -0.3 is 16.0 Å². The van der Waals surface area contributed by atoms with Crippen molar-refractivity contribution in [2.75, 3.05) is 16.4 Å². The summed E-state index contributed by atoms with van der Waals surface area (Å²) in [6.45, 7) is 1.90. The third-order valence-corrected chi connectivity index (χ3v) is 7.28. The van der Waals surface area contributed by atoms with Crippen LogP contribution >= 0.6 is 35.0 Å². The summed E-state index contributed by atoms with van der Waals surface area (Å²) in [5.41, 5.74) is 3.15. The van der Waals surface area contributed by atoms with E-state index in [-0.39, 0.29) is 17.4 Å². The monoisotopic (exact) mass is 589 g/mol. The highest BCUT2D eigenvalue weighted by molar-refractivity contribution is 8.00. The van der Waals surface area contributed by atoms with E-state index in [9.17, 15) is 14.4 Å². The van der Waals surface area contributed by atoms with Gasteiger partial charge >= 0.3 is 0 Å². The first kappa shape index (κ1) is 29.0. The van der Waals surface area contributed by atoms with Crippen LogP contribution in [0.25, 0.3) is 6.08 Å². The molecule has 4 aromatic rings. The standard InChI is InChI=1S/C31H25Cl2N3O3S/c1-20-11-12-23(32)18-27(20)35-29(37)19-40-25-15-13-24(14-16-25)34-31(39)28(17-22-9-5-6-10-26(22)33)36-30(38)21-7-3-2-4-8-21/h2-18H,19H2,1H3,(H,34,39)(H,35,37)(H,36,38)/b28-17-. The lowest BCUT2D eigenvalue weighted by molar-refractivity contribution is -0.114. The number of aryl methyl sites for hydroxylation is 1. The minimum Gasteiger partial charge on any atom is -0.325 e. The van der Waals surface area contributed by atoms with Gasteiger partial charge in [0.15, 0.2) is 0 Å². The molecule has 0 unspecified atom stereocenters. The lowest BCUT2D eigenvalue weighted by atomic mass is 10.1. The quantitative estimate of drug-likeness (QED) is 0.140. The maximum atomic E-state index is 13.2. The van der Waals surface area contributed by atoms with Gasteiger partial charge in [0.2, 0.25) is 5.91 Å². The first-order valence-corrected chi connectivity index (χ1v) is 14.0. The van der Waals surface area contributed by atoms with E-state index in [1.54, 1.807) is 91.0 Å². The van der Waals surface area contributed by atoms with Crippen molar-refractivity contribution >= 4 is 70.1 Å². The maximum Gasteiger partial charge on any atom is 0.272 e. The van der Waals surface area contributed by atoms with E-state index in [1.165, 1.54) is 17.8 Å². The number of anilines is 2. The Labute approximate surface area is 246 Å². The number of benzene rings is 4. The third kappa shape index (κ3) is 8.23. The molecule has 6 nitrogen and oxygen atoms in total. The summed E-state index contributed by atoms with van der Waals surface area (Å²) in [5.74, 6) is -0.891. The van der Waals surface area contributed by atoms with Gasteiger partial charge in [0.1, 0.15) is 5.70 Å². The molecule has 0 bridgehead atoms. The average Bonchev–Trinajstić information content (AvgIpc) is 2.95. The van der Waals surface area contributed by atoms with Gasteiger partial charge in [-0.2, -0.15) is 0 Å². The zero-order chi connectivity index (χ0) is 28.5. The Bertz CT molecular complexity index is 1560. The molecule has 0 fully saturated rings. The number of carbonyl (C=O) groups excluding carboxylic acids is 3. The van der Waals surface area contributed by atoms with Gasteiger partial charge in [-0.25, -0.2) is 0 Å². The molecule has 3 amide bonds. The van der Waals surface area contributed by atoms with Gasteiger partial charge in [-0.1, -0.05) is 65.7 Å². The SMILES string of the molecule is Cc1ccc(Cl)cc1NC(=O)CSc1ccc(NC(=O)/C(=C/c2ccccc2Cl)NC(=O)c2ccccc2)cc1. The highest BCUT2D eigenvalue weighted by atomic mass is 35.5. The zero-order valence-electron chi connectivity index (χ0n) is 21.4. The number of halogens is 2. The molecule has 40 heavy (non-hydrogen) atoms. The second kappa shape index (κ2) is 13.8. The van der Waals surface area contributed by atoms with Gasteiger partial charge in [-0.15, -0.1) is 11.8 Å². The van der Waals surface area contributed by atoms with Crippen LogP contribution in [0, 0.1) is 6.92 Å². The molecule has 0 heterocycles. The molecule has 0 atom stereocenters. The maximum absolute atomic E-state index is 13.2. The van der Waals surface area contributed by atoms with Crippen molar-refractivity contribution in [3.63, 3.8) is 0 Å². The molecule has 0 aliphatic carbocycles. The minimum absolute atomic E-state index is 0.0355. The van der Waals surface area contributed by atoms with E-state index < -0.39 is 11.8 Å². The number of hydrogen-bond acceptors (Lipinski definition) is 4. The summed E-state index contributed by atoms with van der Waals surface area (Å²) in [4.78, 5) is 39.3. The van der Waals surface area contributed by atoms with E-state index in [2.05, 4.69) is 16.0 Å². The summed E-state index contributed by atoms with van der Waals surface area (Å²) in [5, 5.41) is 9.37. The second-order valence-corrected chi connectivity index (χ2v) is 10.6. The zero-order valence-corrected chi connectivity index (χ0v) is 23.7. The van der Waals surface area contributed by atoms with Crippen molar-refractivity contribution < 1.29 is 14.4 Å². The number of rotatable bonds is 9. The summed E-state index contributed by atoms with van der Waals surface area (Å²) < 4.78 is 0. The average molecular weight is 591 g/mol. The highest BCUT2D eigenvalue weighted by Crippen LogP contribution is 2.24. The van der Waals surface area contributed by atoms with Crippen molar-refractivity contribution in [1.29, 1.82) is 0 Å². The van der Waals surface area contributed by atoms with E-state index in [4.69, 9.17) is 23.2 Å². The fraction of sp³-hybridized carbons (Fsp3) is 0.0645. The van der Waals surface area contributed by atoms with Crippen LogP contribution in [0.1, 0.15) is 21.5 Å². The molecule has 0 spiro atoms. The van der Waals surface area contributed by atoms with Gasteiger partial charge in [0.25, 0.3) is 11.8 Å². The number of nitrogens with one attached hydrogen (secondary N) is 3. The Hall–Kier alpha value is -4.04. The molecule has 0 aromatic heterocycles. The summed E-state index contributed by atoms with van der Waals surface area (Å²) in [7, 11) is 0. The Morgan fingerprint density at radius 1 is 0.825 bits per heavy atom. The Morgan fingerprint density at radius 3 is 2.25 bits per heavy atom. The molecule has 0 aliphatic heterocycles. The van der Waals surface area contributed by atoms with Crippen molar-refractivity contribution in [3.05, 3.63) is 129 Å². The lowest BCUT2D eigenvalue weighted by Gasteiger charge is -2.12. The van der Waals surface area contributed by atoms with Crippen LogP contribution in [0.3, 0.4) is 0 Å². The summed E-state index contributed by atoms with van der Waals surface area (Å²) in [6, 6.07) is 28.0. The van der Waals surface area contributed by atoms with E-state index in [0.29, 0.717) is 32.5 Å². The van der Waals surface area contributed by atoms with Crippen LogP contribution in [0.4, 0.5) is 11.4 Å². The smallest absolute Gasteiger partial charge is 0.272 e. The predicted octanol–water partition coefficient (Wildman–Crippen LogP) is 7.44. The molecule has 202 valence electrons. The summed E-state index contributed by atoms with van der Waals surface area (Å²) >= 11 is 13.7. The van der Waals surface area contributed by atoms with Crippen molar-refractivity contribution in [2.45, 2.75) is 11.8 Å². The van der Waals surface area contributed by atoms with E-state index in [0.717, 1.165) is 10.5 Å². The van der Waals surface area contributed by atoms with Crippen LogP contribution in [0.5, 0.6) is 0 Å². The normalized spacial score (nSPS) is 11.0. The Morgan fingerprint density at radius 2 is 1.52 bits per heavy atom. The lowest BCUT2D eigenvalue weighted by Crippen LogP contribution is -2.30. The van der Waals surface area contributed by atoms with Crippen molar-refractivity contribution in [3.8, 4) is 0 Å². The van der Waals surface area contributed by atoms with Gasteiger partial charge in [-0.05, 0) is 78.7 Å². The van der Waals surface area contributed by atoms with Crippen LogP contribution < -0.4 is 16.0 Å². The van der Waals surface area contributed by atoms with Gasteiger partial charge in [-0.3, -0.25) is 14.4 Å². The van der Waals surface area contributed by atoms with Gasteiger partial charge in [0.05, 0.1) is 5.75 Å². The fourth-order valence-electron chi connectivity index (χ4n) is 3.59. The molecular weight excluding hydrogens is 565 g/mol. The molecular formula is C31H25Cl2N3O3S. The fourth-order valence-corrected chi connectivity index (χ4v) is 4.65. The van der Waals surface area contributed by atoms with Crippen molar-refractivity contribution in [2.24, 2.45) is 0 Å².